The van der Waals surface area contributed by atoms with Gasteiger partial charge in [-0.1, -0.05) is 6.92 Å². The average Bonchev–Trinajstić information content (AvgIpc) is 2.01. The lowest BCUT2D eigenvalue weighted by molar-refractivity contribution is -0.137. The Kier molecular flexibility index (Phi) is 4.35. The molecule has 78 valence electrons. The van der Waals surface area contributed by atoms with Gasteiger partial charge in [-0.2, -0.15) is 0 Å². The first kappa shape index (κ1) is 12.4. The zero-order valence-electron chi connectivity index (χ0n) is 7.73. The molecule has 5 nitrogen and oxygen atoms in total. The molecule has 0 aromatic carbocycles. The largest absolute Gasteiger partial charge is 0.480 e. The molecule has 3 N–H and O–H groups in total. The zero-order valence-corrected chi connectivity index (χ0v) is 8.54. The van der Waals surface area contributed by atoms with Crippen LogP contribution in [0.15, 0.2) is 0 Å². The van der Waals surface area contributed by atoms with Crippen molar-refractivity contribution in [3.63, 3.8) is 0 Å². The highest BCUT2D eigenvalue weighted by molar-refractivity contribution is 7.92. The molecule has 13 heavy (non-hydrogen) atoms. The summed E-state index contributed by atoms with van der Waals surface area (Å²) in [5.41, 5.74) is 5.12. The third-order valence-corrected chi connectivity index (χ3v) is 4.30. The summed E-state index contributed by atoms with van der Waals surface area (Å²) < 4.78 is 22.7. The molecule has 0 spiro atoms. The Morgan fingerprint density at radius 2 is 2.00 bits per heavy atom. The standard InChI is InChI=1S/C7H15NO4S/c1-3-5(2)13(11,12)4-6(8)7(9)10/h5-6H,3-4,8H2,1-2H3,(H,9,10). The predicted octanol–water partition coefficient (Wildman–Crippen LogP) is -0.388. The van der Waals surface area contributed by atoms with Gasteiger partial charge in [0.15, 0.2) is 9.84 Å². The number of sulfone groups is 1. The van der Waals surface area contributed by atoms with Crippen LogP contribution in [0.4, 0.5) is 0 Å². The van der Waals surface area contributed by atoms with Crippen LogP contribution in [-0.2, 0) is 14.6 Å². The summed E-state index contributed by atoms with van der Waals surface area (Å²) in [5.74, 6) is -1.77. The van der Waals surface area contributed by atoms with Gasteiger partial charge in [-0.25, -0.2) is 8.42 Å². The maximum Gasteiger partial charge on any atom is 0.321 e. The number of carbonyl (C=O) groups is 1. The fraction of sp³-hybridized carbons (Fsp3) is 0.857. The highest BCUT2D eigenvalue weighted by atomic mass is 32.2. The second-order valence-electron chi connectivity index (χ2n) is 2.99. The molecule has 0 rings (SSSR count). The third kappa shape index (κ3) is 3.73. The quantitative estimate of drug-likeness (QED) is 0.642. The van der Waals surface area contributed by atoms with E-state index in [0.717, 1.165) is 0 Å². The highest BCUT2D eigenvalue weighted by Gasteiger charge is 2.25. The van der Waals surface area contributed by atoms with E-state index < -0.39 is 32.9 Å². The van der Waals surface area contributed by atoms with Gasteiger partial charge < -0.3 is 10.8 Å². The zero-order chi connectivity index (χ0) is 10.6. The number of rotatable bonds is 5. The summed E-state index contributed by atoms with van der Waals surface area (Å²) in [7, 11) is -3.36. The fourth-order valence-electron chi connectivity index (χ4n) is 0.740. The van der Waals surface area contributed by atoms with Gasteiger partial charge in [0.1, 0.15) is 6.04 Å². The first-order chi connectivity index (χ1) is 5.81. The van der Waals surface area contributed by atoms with E-state index in [-0.39, 0.29) is 0 Å². The second kappa shape index (κ2) is 4.57. The van der Waals surface area contributed by atoms with Crippen LogP contribution in [0.3, 0.4) is 0 Å². The first-order valence-electron chi connectivity index (χ1n) is 4.01. The Labute approximate surface area is 77.8 Å². The Balaban J connectivity index is 4.43. The molecule has 0 aliphatic heterocycles. The van der Waals surface area contributed by atoms with E-state index in [4.69, 9.17) is 10.8 Å². The molecule has 0 fully saturated rings. The fourth-order valence-corrected chi connectivity index (χ4v) is 2.22. The maximum absolute atomic E-state index is 11.3. The van der Waals surface area contributed by atoms with Crippen molar-refractivity contribution >= 4 is 15.8 Å². The van der Waals surface area contributed by atoms with Gasteiger partial charge in [-0.05, 0) is 13.3 Å². The van der Waals surface area contributed by atoms with Crippen molar-refractivity contribution in [1.29, 1.82) is 0 Å². The van der Waals surface area contributed by atoms with E-state index >= 15 is 0 Å². The van der Waals surface area contributed by atoms with Crippen LogP contribution in [0.5, 0.6) is 0 Å². The Hall–Kier alpha value is -0.620. The smallest absolute Gasteiger partial charge is 0.321 e. The highest BCUT2D eigenvalue weighted by Crippen LogP contribution is 2.06. The molecule has 0 saturated carbocycles. The summed E-state index contributed by atoms with van der Waals surface area (Å²) in [4.78, 5) is 10.3. The van der Waals surface area contributed by atoms with E-state index in [1.165, 1.54) is 0 Å². The molecular weight excluding hydrogens is 194 g/mol. The SMILES string of the molecule is CCC(C)S(=O)(=O)CC(N)C(=O)O. The van der Waals surface area contributed by atoms with E-state index in [1.54, 1.807) is 13.8 Å². The van der Waals surface area contributed by atoms with Crippen molar-refractivity contribution in [3.8, 4) is 0 Å². The Bertz CT molecular complexity index is 272. The molecule has 0 saturated heterocycles. The topological polar surface area (TPSA) is 97.5 Å². The van der Waals surface area contributed by atoms with E-state index in [1.807, 2.05) is 0 Å². The number of nitrogens with two attached hydrogens (primary N) is 1. The van der Waals surface area contributed by atoms with Crippen LogP contribution in [-0.4, -0.2) is 36.5 Å². The number of carboxylic acid groups (broad SMARTS) is 1. The molecule has 0 amide bonds. The van der Waals surface area contributed by atoms with Crippen molar-refractivity contribution in [2.24, 2.45) is 5.73 Å². The number of aliphatic carboxylic acids is 1. The minimum absolute atomic E-state index is 0.467. The molecule has 6 heteroatoms. The maximum atomic E-state index is 11.3. The second-order valence-corrected chi connectivity index (χ2v) is 5.46. The van der Waals surface area contributed by atoms with Gasteiger partial charge in [0, 0.05) is 0 Å². The van der Waals surface area contributed by atoms with Crippen molar-refractivity contribution in [3.05, 3.63) is 0 Å². The minimum Gasteiger partial charge on any atom is -0.480 e. The summed E-state index contributed by atoms with van der Waals surface area (Å²) in [5, 5.41) is 7.88. The van der Waals surface area contributed by atoms with Crippen molar-refractivity contribution < 1.29 is 18.3 Å². The monoisotopic (exact) mass is 209 g/mol. The van der Waals surface area contributed by atoms with Crippen LogP contribution in [0.2, 0.25) is 0 Å². The van der Waals surface area contributed by atoms with Crippen molar-refractivity contribution in [1.82, 2.24) is 0 Å². The van der Waals surface area contributed by atoms with Crippen LogP contribution in [0, 0.1) is 0 Å². The number of hydrogen-bond donors (Lipinski definition) is 2. The normalized spacial score (nSPS) is 16.5. The first-order valence-corrected chi connectivity index (χ1v) is 5.72. The molecule has 0 radical (unpaired) electrons. The van der Waals surface area contributed by atoms with Gasteiger partial charge in [0.25, 0.3) is 0 Å². The lowest BCUT2D eigenvalue weighted by Crippen LogP contribution is -2.39. The van der Waals surface area contributed by atoms with Crippen molar-refractivity contribution in [2.45, 2.75) is 31.6 Å². The molecule has 0 aliphatic rings. The lowest BCUT2D eigenvalue weighted by atomic mass is 10.4. The van der Waals surface area contributed by atoms with E-state index in [9.17, 15) is 13.2 Å². The summed E-state index contributed by atoms with van der Waals surface area (Å²) >= 11 is 0. The number of hydrogen-bond acceptors (Lipinski definition) is 4. The predicted molar refractivity (Wildman–Crippen MR) is 49.2 cm³/mol. The Morgan fingerprint density at radius 1 is 1.54 bits per heavy atom. The third-order valence-electron chi connectivity index (χ3n) is 1.92. The molecule has 2 unspecified atom stereocenters. The molecule has 0 heterocycles. The van der Waals surface area contributed by atoms with Crippen LogP contribution in [0.1, 0.15) is 20.3 Å². The molecular formula is C7H15NO4S. The summed E-state index contributed by atoms with van der Waals surface area (Å²) in [6.07, 6.45) is 0.467. The van der Waals surface area contributed by atoms with Crippen LogP contribution >= 0.6 is 0 Å². The molecule has 0 bridgehead atoms. The summed E-state index contributed by atoms with van der Waals surface area (Å²) in [6.45, 7) is 3.28. The van der Waals surface area contributed by atoms with Crippen molar-refractivity contribution in [2.75, 3.05) is 5.75 Å². The van der Waals surface area contributed by atoms with E-state index in [0.29, 0.717) is 6.42 Å². The molecule has 0 aromatic heterocycles. The number of carboxylic acids is 1. The minimum atomic E-state index is -3.36. The van der Waals surface area contributed by atoms with Crippen LogP contribution in [0.25, 0.3) is 0 Å². The molecule has 0 aliphatic carbocycles. The summed E-state index contributed by atoms with van der Waals surface area (Å²) in [6, 6.07) is -1.32. The lowest BCUT2D eigenvalue weighted by Gasteiger charge is -2.12. The van der Waals surface area contributed by atoms with Gasteiger partial charge in [0.05, 0.1) is 11.0 Å². The molecule has 2 atom stereocenters. The van der Waals surface area contributed by atoms with Gasteiger partial charge in [-0.3, -0.25) is 4.79 Å². The molecule has 0 aromatic rings. The average molecular weight is 209 g/mol. The van der Waals surface area contributed by atoms with Gasteiger partial charge >= 0.3 is 5.97 Å². The Morgan fingerprint density at radius 3 is 2.31 bits per heavy atom. The van der Waals surface area contributed by atoms with Gasteiger partial charge in [0.2, 0.25) is 0 Å². The van der Waals surface area contributed by atoms with E-state index in [2.05, 4.69) is 0 Å². The van der Waals surface area contributed by atoms with Crippen LogP contribution < -0.4 is 5.73 Å². The van der Waals surface area contributed by atoms with Gasteiger partial charge in [-0.15, -0.1) is 0 Å².